The molecule has 5 nitrogen and oxygen atoms in total. The third-order valence-electron chi connectivity index (χ3n) is 4.93. The van der Waals surface area contributed by atoms with Gasteiger partial charge in [0.15, 0.2) is 0 Å². The lowest BCUT2D eigenvalue weighted by atomic mass is 10.0. The first-order valence-electron chi connectivity index (χ1n) is 9.31. The molecule has 28 heavy (non-hydrogen) atoms. The molecule has 5 heteroatoms. The highest BCUT2D eigenvalue weighted by atomic mass is 15.1. The summed E-state index contributed by atoms with van der Waals surface area (Å²) < 4.78 is 2.20. The molecule has 0 aliphatic rings. The Kier molecular flexibility index (Phi) is 4.18. The average molecular weight is 365 g/mol. The van der Waals surface area contributed by atoms with Crippen LogP contribution in [-0.4, -0.2) is 24.5 Å². The topological polar surface area (TPSA) is 59.4 Å². The molecule has 0 saturated carbocycles. The van der Waals surface area contributed by atoms with Crippen molar-refractivity contribution < 1.29 is 0 Å². The summed E-state index contributed by atoms with van der Waals surface area (Å²) in [5, 5.41) is 1.13. The zero-order chi connectivity index (χ0) is 18.8. The molecular formula is C23H19N5. The van der Waals surface area contributed by atoms with E-state index in [2.05, 4.69) is 43.8 Å². The van der Waals surface area contributed by atoms with Gasteiger partial charge in [-0.3, -0.25) is 4.98 Å². The van der Waals surface area contributed by atoms with Gasteiger partial charge >= 0.3 is 0 Å². The van der Waals surface area contributed by atoms with Crippen molar-refractivity contribution in [3.8, 4) is 22.5 Å². The number of benzene rings is 2. The summed E-state index contributed by atoms with van der Waals surface area (Å²) in [6, 6.07) is 20.7. The third-order valence-corrected chi connectivity index (χ3v) is 4.93. The Balaban J connectivity index is 1.62. The van der Waals surface area contributed by atoms with Gasteiger partial charge in [-0.15, -0.1) is 0 Å². The van der Waals surface area contributed by atoms with Gasteiger partial charge in [-0.05, 0) is 12.1 Å². The van der Waals surface area contributed by atoms with Crippen molar-refractivity contribution >= 4 is 10.9 Å². The number of hydrogen-bond donors (Lipinski definition) is 1. The lowest BCUT2D eigenvalue weighted by Gasteiger charge is -2.11. The van der Waals surface area contributed by atoms with E-state index in [1.165, 1.54) is 0 Å². The number of fused-ring (bicyclic) bond motifs is 1. The highest BCUT2D eigenvalue weighted by Crippen LogP contribution is 2.32. The standard InChI is InChI=1S/C23H19N5/c1-2-6-17(7-3-1)22-23(19-12-18-8-4-5-9-21(18)25-13-19)28(16-27-22)11-10-20-14-24-15-26-20/h1-9,12-16H,10-11H2,(H,24,26). The van der Waals surface area contributed by atoms with Crippen LogP contribution in [0.2, 0.25) is 0 Å². The lowest BCUT2D eigenvalue weighted by Crippen LogP contribution is -2.03. The van der Waals surface area contributed by atoms with Crippen LogP contribution in [0.4, 0.5) is 0 Å². The van der Waals surface area contributed by atoms with Gasteiger partial charge in [-0.25, -0.2) is 9.97 Å². The molecular weight excluding hydrogens is 346 g/mol. The first-order valence-corrected chi connectivity index (χ1v) is 9.31. The highest BCUT2D eigenvalue weighted by molar-refractivity contribution is 5.86. The molecule has 0 radical (unpaired) electrons. The Morgan fingerprint density at radius 3 is 2.57 bits per heavy atom. The fraction of sp³-hybridized carbons (Fsp3) is 0.0870. The second-order valence-electron chi connectivity index (χ2n) is 6.74. The van der Waals surface area contributed by atoms with E-state index in [4.69, 9.17) is 4.98 Å². The molecule has 0 fully saturated rings. The van der Waals surface area contributed by atoms with Crippen LogP contribution >= 0.6 is 0 Å². The van der Waals surface area contributed by atoms with Crippen LogP contribution in [0.3, 0.4) is 0 Å². The number of para-hydroxylation sites is 1. The van der Waals surface area contributed by atoms with Crippen LogP contribution in [0.5, 0.6) is 0 Å². The maximum atomic E-state index is 4.75. The minimum atomic E-state index is 0.810. The number of rotatable bonds is 5. The third kappa shape index (κ3) is 3.07. The van der Waals surface area contributed by atoms with Gasteiger partial charge < -0.3 is 9.55 Å². The molecule has 0 saturated heterocycles. The highest BCUT2D eigenvalue weighted by Gasteiger charge is 2.16. The van der Waals surface area contributed by atoms with Crippen LogP contribution in [-0.2, 0) is 13.0 Å². The number of aromatic amines is 1. The molecule has 0 atom stereocenters. The molecule has 5 aromatic rings. The summed E-state index contributed by atoms with van der Waals surface area (Å²) in [6.45, 7) is 0.810. The molecule has 0 amide bonds. The minimum absolute atomic E-state index is 0.810. The fourth-order valence-corrected chi connectivity index (χ4v) is 3.52. The summed E-state index contributed by atoms with van der Waals surface area (Å²) >= 11 is 0. The quantitative estimate of drug-likeness (QED) is 0.490. The van der Waals surface area contributed by atoms with Crippen molar-refractivity contribution in [2.24, 2.45) is 0 Å². The molecule has 0 bridgehead atoms. The van der Waals surface area contributed by atoms with Crippen LogP contribution < -0.4 is 0 Å². The predicted octanol–water partition coefficient (Wildman–Crippen LogP) is 4.73. The predicted molar refractivity (Wildman–Crippen MR) is 111 cm³/mol. The van der Waals surface area contributed by atoms with Gasteiger partial charge in [-0.2, -0.15) is 0 Å². The normalized spacial score (nSPS) is 11.1. The summed E-state index contributed by atoms with van der Waals surface area (Å²) in [5.41, 5.74) is 6.34. The van der Waals surface area contributed by atoms with Gasteiger partial charge in [0, 0.05) is 47.6 Å². The molecule has 0 aliphatic heterocycles. The molecule has 3 aromatic heterocycles. The van der Waals surface area contributed by atoms with Crippen molar-refractivity contribution in [3.63, 3.8) is 0 Å². The maximum Gasteiger partial charge on any atom is 0.0963 e. The van der Waals surface area contributed by atoms with E-state index >= 15 is 0 Å². The van der Waals surface area contributed by atoms with Gasteiger partial charge in [-0.1, -0.05) is 48.5 Å². The lowest BCUT2D eigenvalue weighted by molar-refractivity contribution is 0.693. The number of nitrogens with one attached hydrogen (secondary N) is 1. The first-order chi connectivity index (χ1) is 13.9. The molecule has 0 unspecified atom stereocenters. The van der Waals surface area contributed by atoms with Crippen molar-refractivity contribution in [1.29, 1.82) is 0 Å². The monoisotopic (exact) mass is 365 g/mol. The summed E-state index contributed by atoms with van der Waals surface area (Å²) in [4.78, 5) is 16.7. The number of pyridine rings is 1. The molecule has 3 heterocycles. The number of hydrogen-bond acceptors (Lipinski definition) is 3. The molecule has 0 aliphatic carbocycles. The summed E-state index contributed by atoms with van der Waals surface area (Å²) in [7, 11) is 0. The first kappa shape index (κ1) is 16.4. The minimum Gasteiger partial charge on any atom is -0.348 e. The van der Waals surface area contributed by atoms with E-state index in [1.54, 1.807) is 6.33 Å². The van der Waals surface area contributed by atoms with Gasteiger partial charge in [0.25, 0.3) is 0 Å². The van der Waals surface area contributed by atoms with Crippen molar-refractivity contribution in [3.05, 3.63) is 91.4 Å². The van der Waals surface area contributed by atoms with Crippen LogP contribution in [0.1, 0.15) is 5.69 Å². The Bertz CT molecular complexity index is 1210. The molecule has 5 rings (SSSR count). The van der Waals surface area contributed by atoms with Crippen LogP contribution in [0, 0.1) is 0 Å². The second kappa shape index (κ2) is 7.12. The molecule has 2 aromatic carbocycles. The number of aromatic nitrogens is 5. The number of nitrogens with zero attached hydrogens (tertiary/aromatic N) is 4. The average Bonchev–Trinajstić information content (AvgIpc) is 3.42. The zero-order valence-electron chi connectivity index (χ0n) is 15.3. The van der Waals surface area contributed by atoms with E-state index in [9.17, 15) is 0 Å². The smallest absolute Gasteiger partial charge is 0.0963 e. The largest absolute Gasteiger partial charge is 0.348 e. The molecule has 1 N–H and O–H groups in total. The Labute approximate surface area is 162 Å². The molecule has 136 valence electrons. The fourth-order valence-electron chi connectivity index (χ4n) is 3.52. The van der Waals surface area contributed by atoms with Crippen LogP contribution in [0.25, 0.3) is 33.4 Å². The van der Waals surface area contributed by atoms with E-state index < -0.39 is 0 Å². The molecule has 0 spiro atoms. The van der Waals surface area contributed by atoms with E-state index in [0.29, 0.717) is 0 Å². The van der Waals surface area contributed by atoms with E-state index in [1.807, 2.05) is 55.1 Å². The number of imidazole rings is 2. The van der Waals surface area contributed by atoms with Crippen molar-refractivity contribution in [2.75, 3.05) is 0 Å². The Morgan fingerprint density at radius 1 is 0.857 bits per heavy atom. The van der Waals surface area contributed by atoms with Gasteiger partial charge in [0.05, 0.1) is 29.6 Å². The summed E-state index contributed by atoms with van der Waals surface area (Å²) in [5.74, 6) is 0. The van der Waals surface area contributed by atoms with Gasteiger partial charge in [0.2, 0.25) is 0 Å². The van der Waals surface area contributed by atoms with Crippen LogP contribution in [0.15, 0.2) is 85.7 Å². The Hall–Kier alpha value is -3.73. The van der Waals surface area contributed by atoms with E-state index in [0.717, 1.165) is 52.1 Å². The SMILES string of the molecule is c1ccc(-c2ncn(CCc3cnc[nH]3)c2-c2cnc3ccccc3c2)cc1. The summed E-state index contributed by atoms with van der Waals surface area (Å²) in [6.07, 6.45) is 8.30. The second-order valence-corrected chi connectivity index (χ2v) is 6.74. The maximum absolute atomic E-state index is 4.75. The Morgan fingerprint density at radius 2 is 1.71 bits per heavy atom. The number of H-pyrrole nitrogens is 1. The van der Waals surface area contributed by atoms with Crippen molar-refractivity contribution in [2.45, 2.75) is 13.0 Å². The number of aryl methyl sites for hydroxylation is 2. The van der Waals surface area contributed by atoms with E-state index in [-0.39, 0.29) is 0 Å². The van der Waals surface area contributed by atoms with Gasteiger partial charge in [0.1, 0.15) is 0 Å². The van der Waals surface area contributed by atoms with Crippen molar-refractivity contribution in [1.82, 2.24) is 24.5 Å². The zero-order valence-corrected chi connectivity index (χ0v) is 15.3.